The number of hydrazone groups is 1. The molecule has 0 amide bonds. The molecule has 1 N–H and O–H groups in total. The third-order valence-electron chi connectivity index (χ3n) is 0.810. The zero-order valence-corrected chi connectivity index (χ0v) is 5.09. The Hall–Kier alpha value is -0.180. The first-order chi connectivity index (χ1) is 3.43. The zero-order valence-electron chi connectivity index (χ0n) is 4.27. The molecule has 0 aromatic carbocycles. The van der Waals surface area contributed by atoms with Crippen LogP contribution < -0.4 is 5.43 Å². The number of nitrogens with one attached hydrogen (secondary N) is 1. The van der Waals surface area contributed by atoms with Gasteiger partial charge in [-0.15, -0.1) is 0 Å². The SMILES string of the molecule is CCC1=NNCS1. The summed E-state index contributed by atoms with van der Waals surface area (Å²) in [5, 5.41) is 5.21. The summed E-state index contributed by atoms with van der Waals surface area (Å²) in [6.45, 7) is 2.11. The summed E-state index contributed by atoms with van der Waals surface area (Å²) in [5.41, 5.74) is 2.87. The van der Waals surface area contributed by atoms with E-state index in [1.807, 2.05) is 0 Å². The van der Waals surface area contributed by atoms with Gasteiger partial charge in [-0.2, -0.15) is 5.10 Å². The zero-order chi connectivity index (χ0) is 5.11. The molecule has 0 saturated heterocycles. The third kappa shape index (κ3) is 1.09. The lowest BCUT2D eigenvalue weighted by atomic mass is 10.5. The van der Waals surface area contributed by atoms with E-state index >= 15 is 0 Å². The van der Waals surface area contributed by atoms with Gasteiger partial charge in [0.1, 0.15) is 0 Å². The Balaban J connectivity index is 2.36. The van der Waals surface area contributed by atoms with Crippen molar-refractivity contribution in [3.8, 4) is 0 Å². The van der Waals surface area contributed by atoms with Crippen LogP contribution >= 0.6 is 11.8 Å². The van der Waals surface area contributed by atoms with E-state index in [1.165, 1.54) is 5.04 Å². The van der Waals surface area contributed by atoms with Gasteiger partial charge in [0.2, 0.25) is 0 Å². The molecule has 0 radical (unpaired) electrons. The fourth-order valence-electron chi connectivity index (χ4n) is 0.449. The Bertz CT molecular complexity index is 89.7. The summed E-state index contributed by atoms with van der Waals surface area (Å²) in [5.74, 6) is 0.961. The molecule has 0 aliphatic carbocycles. The highest BCUT2D eigenvalue weighted by Crippen LogP contribution is 2.09. The molecule has 0 atom stereocenters. The molecule has 7 heavy (non-hydrogen) atoms. The first-order valence-electron chi connectivity index (χ1n) is 2.35. The molecule has 0 aromatic heterocycles. The van der Waals surface area contributed by atoms with E-state index < -0.39 is 0 Å². The van der Waals surface area contributed by atoms with Gasteiger partial charge >= 0.3 is 0 Å². The minimum absolute atomic E-state index is 0.961. The number of thioether (sulfide) groups is 1. The van der Waals surface area contributed by atoms with Crippen molar-refractivity contribution in [1.29, 1.82) is 0 Å². The van der Waals surface area contributed by atoms with Crippen LogP contribution in [0, 0.1) is 0 Å². The Labute approximate surface area is 47.4 Å². The van der Waals surface area contributed by atoms with E-state index in [0.717, 1.165) is 12.3 Å². The van der Waals surface area contributed by atoms with Gasteiger partial charge in [-0.25, -0.2) is 0 Å². The standard InChI is InChI=1S/C4H8N2S/c1-2-4-6-5-3-7-4/h5H,2-3H2,1H3. The second-order valence-corrected chi connectivity index (χ2v) is 2.35. The monoisotopic (exact) mass is 116 g/mol. The molecule has 0 saturated carbocycles. The summed E-state index contributed by atoms with van der Waals surface area (Å²) in [6, 6.07) is 0. The van der Waals surface area contributed by atoms with Gasteiger partial charge in [-0.05, 0) is 6.42 Å². The summed E-state index contributed by atoms with van der Waals surface area (Å²) in [6.07, 6.45) is 1.07. The predicted octanol–water partition coefficient (Wildman–Crippen LogP) is 1.00. The second kappa shape index (κ2) is 2.21. The van der Waals surface area contributed by atoms with Crippen molar-refractivity contribution >= 4 is 16.8 Å². The molecule has 3 heteroatoms. The van der Waals surface area contributed by atoms with Crippen molar-refractivity contribution in [2.45, 2.75) is 13.3 Å². The van der Waals surface area contributed by atoms with Crippen LogP contribution in [0.15, 0.2) is 5.10 Å². The number of hydrogen-bond acceptors (Lipinski definition) is 3. The quantitative estimate of drug-likeness (QED) is 0.552. The van der Waals surface area contributed by atoms with Gasteiger partial charge in [0, 0.05) is 0 Å². The van der Waals surface area contributed by atoms with Crippen LogP contribution in [-0.4, -0.2) is 10.9 Å². The van der Waals surface area contributed by atoms with Gasteiger partial charge in [-0.1, -0.05) is 18.7 Å². The van der Waals surface area contributed by atoms with E-state index in [-0.39, 0.29) is 0 Å². The average Bonchev–Trinajstić information content (AvgIpc) is 2.14. The van der Waals surface area contributed by atoms with Crippen LogP contribution in [0.3, 0.4) is 0 Å². The topological polar surface area (TPSA) is 24.4 Å². The van der Waals surface area contributed by atoms with Crippen molar-refractivity contribution in [3.05, 3.63) is 0 Å². The van der Waals surface area contributed by atoms with E-state index in [0.29, 0.717) is 0 Å². The molecule has 0 bridgehead atoms. The Kier molecular flexibility index (Phi) is 1.57. The van der Waals surface area contributed by atoms with Gasteiger partial charge in [0.05, 0.1) is 10.9 Å². The minimum atomic E-state index is 0.961. The van der Waals surface area contributed by atoms with Gasteiger partial charge in [-0.3, -0.25) is 5.43 Å². The number of nitrogens with zero attached hydrogens (tertiary/aromatic N) is 1. The number of rotatable bonds is 1. The Morgan fingerprint density at radius 1 is 2.00 bits per heavy atom. The predicted molar refractivity (Wildman–Crippen MR) is 33.3 cm³/mol. The first kappa shape index (κ1) is 4.97. The Morgan fingerprint density at radius 3 is 3.14 bits per heavy atom. The highest BCUT2D eigenvalue weighted by Gasteiger charge is 2.00. The maximum atomic E-state index is 3.98. The lowest BCUT2D eigenvalue weighted by Gasteiger charge is -1.83. The van der Waals surface area contributed by atoms with E-state index in [4.69, 9.17) is 0 Å². The van der Waals surface area contributed by atoms with Crippen LogP contribution in [0.2, 0.25) is 0 Å². The molecule has 1 heterocycles. The van der Waals surface area contributed by atoms with Crippen LogP contribution in [-0.2, 0) is 0 Å². The van der Waals surface area contributed by atoms with Crippen LogP contribution in [0.1, 0.15) is 13.3 Å². The molecular weight excluding hydrogens is 108 g/mol. The Morgan fingerprint density at radius 2 is 2.86 bits per heavy atom. The fourth-order valence-corrected chi connectivity index (χ4v) is 1.08. The highest BCUT2D eigenvalue weighted by molar-refractivity contribution is 8.14. The van der Waals surface area contributed by atoms with Crippen LogP contribution in [0.5, 0.6) is 0 Å². The van der Waals surface area contributed by atoms with Crippen LogP contribution in [0.25, 0.3) is 0 Å². The number of hydrogen-bond donors (Lipinski definition) is 1. The fraction of sp³-hybridized carbons (Fsp3) is 0.750. The van der Waals surface area contributed by atoms with Crippen molar-refractivity contribution < 1.29 is 0 Å². The highest BCUT2D eigenvalue weighted by atomic mass is 32.2. The molecule has 0 unspecified atom stereocenters. The maximum absolute atomic E-state index is 3.98. The molecule has 0 fully saturated rings. The molecule has 1 rings (SSSR count). The summed E-state index contributed by atoms with van der Waals surface area (Å²) in [7, 11) is 0. The van der Waals surface area contributed by atoms with Gasteiger partial charge in [0.25, 0.3) is 0 Å². The molecule has 2 nitrogen and oxygen atoms in total. The molecule has 1 aliphatic rings. The molecular formula is C4H8N2S. The largest absolute Gasteiger partial charge is 0.299 e. The molecule has 0 spiro atoms. The molecule has 40 valence electrons. The van der Waals surface area contributed by atoms with Crippen molar-refractivity contribution in [2.75, 3.05) is 5.88 Å². The van der Waals surface area contributed by atoms with Crippen LogP contribution in [0.4, 0.5) is 0 Å². The maximum Gasteiger partial charge on any atom is 0.0946 e. The second-order valence-electron chi connectivity index (χ2n) is 1.31. The van der Waals surface area contributed by atoms with Crippen molar-refractivity contribution in [1.82, 2.24) is 5.43 Å². The lowest BCUT2D eigenvalue weighted by molar-refractivity contribution is 0.889. The van der Waals surface area contributed by atoms with E-state index in [9.17, 15) is 0 Å². The lowest BCUT2D eigenvalue weighted by Crippen LogP contribution is -1.93. The summed E-state index contributed by atoms with van der Waals surface area (Å²) < 4.78 is 0. The molecule has 0 aromatic rings. The first-order valence-corrected chi connectivity index (χ1v) is 3.34. The van der Waals surface area contributed by atoms with E-state index in [1.54, 1.807) is 11.8 Å². The van der Waals surface area contributed by atoms with Gasteiger partial charge in [0.15, 0.2) is 0 Å². The van der Waals surface area contributed by atoms with Crippen molar-refractivity contribution in [3.63, 3.8) is 0 Å². The molecule has 1 aliphatic heterocycles. The summed E-state index contributed by atoms with van der Waals surface area (Å²) in [4.78, 5) is 0. The third-order valence-corrected chi connectivity index (χ3v) is 1.80. The smallest absolute Gasteiger partial charge is 0.0946 e. The van der Waals surface area contributed by atoms with Gasteiger partial charge < -0.3 is 0 Å². The van der Waals surface area contributed by atoms with Crippen molar-refractivity contribution in [2.24, 2.45) is 5.10 Å². The normalized spacial score (nSPS) is 18.7. The van der Waals surface area contributed by atoms with E-state index in [2.05, 4.69) is 17.5 Å². The average molecular weight is 116 g/mol. The summed E-state index contributed by atoms with van der Waals surface area (Å²) >= 11 is 1.78. The minimum Gasteiger partial charge on any atom is -0.299 e.